The number of hydrogen-bond donors (Lipinski definition) is 1. The lowest BCUT2D eigenvalue weighted by Crippen LogP contribution is -2.63. The SMILES string of the molecule is O=C(Nc1cccc2c1CCCC2)N1CCC2(OCCN2S(=O)(=O)c2ccccc2)C(F)C1. The van der Waals surface area contributed by atoms with Crippen LogP contribution in [0.2, 0.25) is 0 Å². The monoisotopic (exact) mass is 473 g/mol. The lowest BCUT2D eigenvalue weighted by molar-refractivity contribution is -0.134. The molecule has 2 aliphatic heterocycles. The molecule has 0 radical (unpaired) electrons. The summed E-state index contributed by atoms with van der Waals surface area (Å²) < 4.78 is 49.0. The zero-order valence-corrected chi connectivity index (χ0v) is 19.2. The number of rotatable bonds is 3. The number of nitrogens with one attached hydrogen (secondary N) is 1. The molecule has 0 saturated carbocycles. The van der Waals surface area contributed by atoms with E-state index in [0.717, 1.165) is 41.2 Å². The van der Waals surface area contributed by atoms with Crippen molar-refractivity contribution in [3.05, 3.63) is 59.7 Å². The number of sulfonamides is 1. The van der Waals surface area contributed by atoms with Gasteiger partial charge in [0, 0.05) is 25.2 Å². The normalized spacial score (nSPS) is 25.7. The lowest BCUT2D eigenvalue weighted by Gasteiger charge is -2.44. The number of alkyl halides is 1. The third-order valence-electron chi connectivity index (χ3n) is 6.93. The standard InChI is InChI=1S/C24H28FN3O4S/c25-22-17-27(23(29)26-21-12-6-8-18-7-4-5-11-20(18)21)14-13-24(22)28(15-16-32-24)33(30,31)19-9-2-1-3-10-19/h1-3,6,8-10,12,22H,4-5,7,11,13-17H2,(H,26,29). The molecule has 2 heterocycles. The molecule has 33 heavy (non-hydrogen) atoms. The van der Waals surface area contributed by atoms with Crippen molar-refractivity contribution < 1.29 is 22.3 Å². The average molecular weight is 474 g/mol. The van der Waals surface area contributed by atoms with E-state index in [4.69, 9.17) is 4.74 Å². The maximum atomic E-state index is 15.6. The van der Waals surface area contributed by atoms with Crippen LogP contribution in [0, 0.1) is 0 Å². The Kier molecular flexibility index (Phi) is 5.88. The first-order chi connectivity index (χ1) is 15.9. The number of carbonyl (C=O) groups excluding carboxylic acids is 1. The van der Waals surface area contributed by atoms with Crippen LogP contribution < -0.4 is 5.32 Å². The third kappa shape index (κ3) is 3.92. The Morgan fingerprint density at radius 1 is 1.06 bits per heavy atom. The van der Waals surface area contributed by atoms with E-state index < -0.39 is 21.9 Å². The summed E-state index contributed by atoms with van der Waals surface area (Å²) >= 11 is 0. The van der Waals surface area contributed by atoms with Gasteiger partial charge in [0.25, 0.3) is 0 Å². The van der Waals surface area contributed by atoms with Crippen molar-refractivity contribution in [2.24, 2.45) is 0 Å². The van der Waals surface area contributed by atoms with Crippen LogP contribution in [0.3, 0.4) is 0 Å². The second-order valence-electron chi connectivity index (χ2n) is 8.83. The van der Waals surface area contributed by atoms with Crippen LogP contribution in [0.1, 0.15) is 30.4 Å². The van der Waals surface area contributed by atoms with E-state index in [1.165, 1.54) is 22.6 Å². The van der Waals surface area contributed by atoms with Crippen LogP contribution in [0.25, 0.3) is 0 Å². The summed E-state index contributed by atoms with van der Waals surface area (Å²) in [5.74, 6) is 0. The number of halogens is 1. The van der Waals surface area contributed by atoms with Gasteiger partial charge in [0.15, 0.2) is 11.9 Å². The van der Waals surface area contributed by atoms with Crippen LogP contribution in [0.15, 0.2) is 53.4 Å². The van der Waals surface area contributed by atoms with Gasteiger partial charge < -0.3 is 15.0 Å². The summed E-state index contributed by atoms with van der Waals surface area (Å²) in [7, 11) is -3.93. The van der Waals surface area contributed by atoms with Crippen LogP contribution in [0.5, 0.6) is 0 Å². The molecule has 7 nitrogen and oxygen atoms in total. The van der Waals surface area contributed by atoms with Gasteiger partial charge in [-0.15, -0.1) is 0 Å². The van der Waals surface area contributed by atoms with E-state index >= 15 is 4.39 Å². The Morgan fingerprint density at radius 2 is 1.85 bits per heavy atom. The minimum Gasteiger partial charge on any atom is -0.355 e. The number of hydrogen-bond acceptors (Lipinski definition) is 4. The van der Waals surface area contributed by atoms with Crippen molar-refractivity contribution in [3.8, 4) is 0 Å². The number of nitrogens with zero attached hydrogens (tertiary/aromatic N) is 2. The molecule has 2 saturated heterocycles. The first-order valence-corrected chi connectivity index (χ1v) is 12.9. The second-order valence-corrected chi connectivity index (χ2v) is 10.7. The number of anilines is 1. The fourth-order valence-corrected chi connectivity index (χ4v) is 6.95. The smallest absolute Gasteiger partial charge is 0.321 e. The molecule has 2 amide bonds. The van der Waals surface area contributed by atoms with Gasteiger partial charge in [-0.3, -0.25) is 0 Å². The van der Waals surface area contributed by atoms with E-state index in [0.29, 0.717) is 0 Å². The van der Waals surface area contributed by atoms with Crippen molar-refractivity contribution >= 4 is 21.7 Å². The molecular formula is C24H28FN3O4S. The Morgan fingerprint density at radius 3 is 2.64 bits per heavy atom. The molecule has 5 rings (SSSR count). The van der Waals surface area contributed by atoms with Crippen molar-refractivity contribution in [2.45, 2.75) is 48.9 Å². The topological polar surface area (TPSA) is 79.0 Å². The molecule has 0 bridgehead atoms. The van der Waals surface area contributed by atoms with Crippen molar-refractivity contribution in [2.75, 3.05) is 31.6 Å². The van der Waals surface area contributed by atoms with Crippen LogP contribution in [-0.2, 0) is 27.6 Å². The van der Waals surface area contributed by atoms with Gasteiger partial charge in [0.2, 0.25) is 10.0 Å². The summed E-state index contributed by atoms with van der Waals surface area (Å²) in [6.07, 6.45) is 2.55. The molecule has 2 atom stereocenters. The molecule has 176 valence electrons. The van der Waals surface area contributed by atoms with Gasteiger partial charge in [0.05, 0.1) is 18.0 Å². The molecule has 1 N–H and O–H groups in total. The fourth-order valence-electron chi connectivity index (χ4n) is 5.21. The van der Waals surface area contributed by atoms with E-state index in [1.54, 1.807) is 18.2 Å². The predicted molar refractivity (Wildman–Crippen MR) is 122 cm³/mol. The predicted octanol–water partition coefficient (Wildman–Crippen LogP) is 3.56. The molecule has 1 spiro atoms. The van der Waals surface area contributed by atoms with E-state index in [1.807, 2.05) is 12.1 Å². The number of fused-ring (bicyclic) bond motifs is 1. The maximum Gasteiger partial charge on any atom is 0.321 e. The maximum absolute atomic E-state index is 15.6. The van der Waals surface area contributed by atoms with Gasteiger partial charge in [0.1, 0.15) is 0 Å². The highest BCUT2D eigenvalue weighted by atomic mass is 32.2. The highest BCUT2D eigenvalue weighted by molar-refractivity contribution is 7.89. The summed E-state index contributed by atoms with van der Waals surface area (Å²) in [5.41, 5.74) is 1.60. The minimum atomic E-state index is -3.93. The first-order valence-electron chi connectivity index (χ1n) is 11.4. The molecule has 2 aromatic carbocycles. The highest BCUT2D eigenvalue weighted by Crippen LogP contribution is 2.40. The first kappa shape index (κ1) is 22.3. The zero-order valence-electron chi connectivity index (χ0n) is 18.4. The largest absolute Gasteiger partial charge is 0.355 e. The Bertz CT molecular complexity index is 1140. The summed E-state index contributed by atoms with van der Waals surface area (Å²) in [5, 5.41) is 2.95. The number of carbonyl (C=O) groups is 1. The van der Waals surface area contributed by atoms with Crippen LogP contribution in [0.4, 0.5) is 14.9 Å². The molecule has 9 heteroatoms. The van der Waals surface area contributed by atoms with Gasteiger partial charge in [-0.05, 0) is 55.0 Å². The molecule has 0 aromatic heterocycles. The second kappa shape index (κ2) is 8.70. The number of likely N-dealkylation sites (tertiary alicyclic amines) is 1. The van der Waals surface area contributed by atoms with Crippen molar-refractivity contribution in [1.82, 2.24) is 9.21 Å². The van der Waals surface area contributed by atoms with Crippen LogP contribution in [-0.4, -0.2) is 61.8 Å². The number of amides is 2. The number of aryl methyl sites for hydroxylation is 1. The van der Waals surface area contributed by atoms with Gasteiger partial charge in [-0.1, -0.05) is 30.3 Å². The summed E-state index contributed by atoms with van der Waals surface area (Å²) in [4.78, 5) is 14.5. The van der Waals surface area contributed by atoms with Crippen molar-refractivity contribution in [1.29, 1.82) is 0 Å². The highest BCUT2D eigenvalue weighted by Gasteiger charge is 2.57. The Labute approximate surface area is 193 Å². The third-order valence-corrected chi connectivity index (χ3v) is 8.87. The average Bonchev–Trinajstić information content (AvgIpc) is 3.27. The lowest BCUT2D eigenvalue weighted by atomic mass is 9.90. The summed E-state index contributed by atoms with van der Waals surface area (Å²) in [6.45, 7) is 0.165. The number of piperidine rings is 1. The Balaban J connectivity index is 1.32. The number of benzene rings is 2. The van der Waals surface area contributed by atoms with Gasteiger partial charge in [-0.25, -0.2) is 17.6 Å². The van der Waals surface area contributed by atoms with Gasteiger partial charge in [-0.2, -0.15) is 4.31 Å². The Hall–Kier alpha value is -2.49. The van der Waals surface area contributed by atoms with Crippen LogP contribution >= 0.6 is 0 Å². The minimum absolute atomic E-state index is 0.0700. The molecule has 3 aliphatic rings. The van der Waals surface area contributed by atoms with E-state index in [9.17, 15) is 13.2 Å². The molecule has 2 aromatic rings. The fraction of sp³-hybridized carbons (Fsp3) is 0.458. The molecular weight excluding hydrogens is 445 g/mol. The molecule has 2 fully saturated rings. The molecule has 1 aliphatic carbocycles. The van der Waals surface area contributed by atoms with E-state index in [-0.39, 0.29) is 43.6 Å². The number of ether oxygens (including phenoxy) is 1. The van der Waals surface area contributed by atoms with E-state index in [2.05, 4.69) is 11.4 Å². The van der Waals surface area contributed by atoms with Crippen molar-refractivity contribution in [3.63, 3.8) is 0 Å². The quantitative estimate of drug-likeness (QED) is 0.740. The van der Waals surface area contributed by atoms with Gasteiger partial charge >= 0.3 is 6.03 Å². The zero-order chi connectivity index (χ0) is 23.1. The number of urea groups is 1. The molecule has 2 unspecified atom stereocenters. The summed E-state index contributed by atoms with van der Waals surface area (Å²) in [6, 6.07) is 13.5.